The predicted octanol–water partition coefficient (Wildman–Crippen LogP) is 1.20. The van der Waals surface area contributed by atoms with Crippen LogP contribution < -0.4 is 0 Å². The predicted molar refractivity (Wildman–Crippen MR) is 36.9 cm³/mol. The molecular weight excluding hydrogens is 114 g/mol. The lowest BCUT2D eigenvalue weighted by molar-refractivity contribution is -0.00224. The fraction of sp³-hybridized carbons (Fsp3) is 0.714. The number of nitrogens with zero attached hydrogens (tertiary/aromatic N) is 1. The number of rotatable bonds is 0. The molecule has 0 saturated carbocycles. The van der Waals surface area contributed by atoms with Gasteiger partial charge in [-0.2, -0.15) is 0 Å². The van der Waals surface area contributed by atoms with E-state index in [1.165, 1.54) is 0 Å². The van der Waals surface area contributed by atoms with Crippen molar-refractivity contribution in [3.63, 3.8) is 0 Å². The number of likely N-dealkylation sites (N-methyl/N-ethyl adjacent to an activating group) is 1. The van der Waals surface area contributed by atoms with Crippen LogP contribution >= 0.6 is 0 Å². The largest absolute Gasteiger partial charge is 0.480 e. The van der Waals surface area contributed by atoms with E-state index in [2.05, 4.69) is 17.9 Å². The van der Waals surface area contributed by atoms with Crippen LogP contribution in [0.15, 0.2) is 11.8 Å². The Hall–Kier alpha value is -0.500. The highest BCUT2D eigenvalue weighted by atomic mass is 16.5. The van der Waals surface area contributed by atoms with E-state index in [1.807, 2.05) is 14.0 Å². The summed E-state index contributed by atoms with van der Waals surface area (Å²) in [5, 5.41) is 0. The molecule has 1 aliphatic rings. The van der Waals surface area contributed by atoms with E-state index in [0.29, 0.717) is 0 Å². The molecule has 1 aliphatic heterocycles. The first-order valence-corrected chi connectivity index (χ1v) is 3.24. The van der Waals surface area contributed by atoms with E-state index in [4.69, 9.17) is 4.74 Å². The molecule has 0 radical (unpaired) electrons. The second kappa shape index (κ2) is 2.40. The number of ether oxygens (including phenoxy) is 1. The van der Waals surface area contributed by atoms with Crippen molar-refractivity contribution in [3.05, 3.63) is 11.8 Å². The lowest BCUT2D eigenvalue weighted by atomic mass is 10.4. The number of hydrogen-bond donors (Lipinski definition) is 0. The Morgan fingerprint density at radius 3 is 2.89 bits per heavy atom. The van der Waals surface area contributed by atoms with Crippen LogP contribution in [0.2, 0.25) is 0 Å². The summed E-state index contributed by atoms with van der Waals surface area (Å²) in [6.07, 6.45) is 2.33. The van der Waals surface area contributed by atoms with Gasteiger partial charge in [0.2, 0.25) is 0 Å². The quantitative estimate of drug-likeness (QED) is 0.484. The summed E-state index contributed by atoms with van der Waals surface area (Å²) in [5.74, 6) is 1.04. The van der Waals surface area contributed by atoms with Gasteiger partial charge in [0.15, 0.2) is 0 Å². The third kappa shape index (κ3) is 1.45. The van der Waals surface area contributed by atoms with Crippen molar-refractivity contribution in [1.82, 2.24) is 4.90 Å². The average Bonchev–Trinajstić information content (AvgIpc) is 1.80. The first-order chi connectivity index (χ1) is 4.20. The van der Waals surface area contributed by atoms with Gasteiger partial charge in [-0.15, -0.1) is 0 Å². The molecule has 0 fully saturated rings. The molecule has 0 aromatic heterocycles. The molecule has 0 aromatic rings. The summed E-state index contributed by atoms with van der Waals surface area (Å²) in [4.78, 5) is 2.15. The second-order valence-corrected chi connectivity index (χ2v) is 2.47. The molecular formula is C7H13NO. The van der Waals surface area contributed by atoms with Gasteiger partial charge in [-0.25, -0.2) is 0 Å². The molecule has 0 spiro atoms. The third-order valence-corrected chi connectivity index (χ3v) is 1.64. The van der Waals surface area contributed by atoms with E-state index in [1.54, 1.807) is 0 Å². The van der Waals surface area contributed by atoms with Crippen molar-refractivity contribution in [2.24, 2.45) is 0 Å². The Labute approximate surface area is 56.1 Å². The van der Waals surface area contributed by atoms with Crippen molar-refractivity contribution in [2.75, 3.05) is 13.6 Å². The molecule has 0 bridgehead atoms. The summed E-state index contributed by atoms with van der Waals surface area (Å²) in [7, 11) is 2.05. The number of allylic oxidation sites excluding steroid dienone is 1. The zero-order valence-corrected chi connectivity index (χ0v) is 6.22. The van der Waals surface area contributed by atoms with Crippen LogP contribution in [0.25, 0.3) is 0 Å². The van der Waals surface area contributed by atoms with Crippen molar-refractivity contribution < 1.29 is 4.74 Å². The SMILES string of the molecule is CC1=CCN(C)C(C)O1. The molecule has 1 atom stereocenters. The minimum Gasteiger partial charge on any atom is -0.480 e. The van der Waals surface area contributed by atoms with Crippen LogP contribution in [0, 0.1) is 0 Å². The monoisotopic (exact) mass is 127 g/mol. The van der Waals surface area contributed by atoms with Gasteiger partial charge in [0.05, 0.1) is 5.76 Å². The van der Waals surface area contributed by atoms with E-state index in [-0.39, 0.29) is 6.23 Å². The fourth-order valence-corrected chi connectivity index (χ4v) is 0.828. The van der Waals surface area contributed by atoms with Crippen molar-refractivity contribution >= 4 is 0 Å². The maximum absolute atomic E-state index is 5.39. The second-order valence-electron chi connectivity index (χ2n) is 2.47. The summed E-state index contributed by atoms with van der Waals surface area (Å²) in [6, 6.07) is 0. The molecule has 1 rings (SSSR count). The molecule has 2 nitrogen and oxygen atoms in total. The van der Waals surface area contributed by atoms with Crippen molar-refractivity contribution in [2.45, 2.75) is 20.1 Å². The van der Waals surface area contributed by atoms with Gasteiger partial charge in [-0.3, -0.25) is 4.90 Å². The number of hydrogen-bond acceptors (Lipinski definition) is 2. The summed E-state index contributed by atoms with van der Waals surface area (Å²) < 4.78 is 5.39. The van der Waals surface area contributed by atoms with E-state index in [0.717, 1.165) is 12.3 Å². The zero-order chi connectivity index (χ0) is 6.85. The van der Waals surface area contributed by atoms with Crippen molar-refractivity contribution in [3.8, 4) is 0 Å². The molecule has 9 heavy (non-hydrogen) atoms. The van der Waals surface area contributed by atoms with Gasteiger partial charge in [-0.1, -0.05) is 0 Å². The van der Waals surface area contributed by atoms with Gasteiger partial charge in [0, 0.05) is 6.54 Å². The average molecular weight is 127 g/mol. The maximum atomic E-state index is 5.39. The van der Waals surface area contributed by atoms with Gasteiger partial charge < -0.3 is 4.74 Å². The Morgan fingerprint density at radius 2 is 2.44 bits per heavy atom. The highest BCUT2D eigenvalue weighted by molar-refractivity contribution is 4.94. The molecule has 0 saturated heterocycles. The fourth-order valence-electron chi connectivity index (χ4n) is 0.828. The van der Waals surface area contributed by atoms with Crippen LogP contribution in [0.1, 0.15) is 13.8 Å². The maximum Gasteiger partial charge on any atom is 0.149 e. The normalized spacial score (nSPS) is 29.2. The van der Waals surface area contributed by atoms with E-state index < -0.39 is 0 Å². The van der Waals surface area contributed by atoms with Crippen LogP contribution in [0.4, 0.5) is 0 Å². The summed E-state index contributed by atoms with van der Waals surface area (Å²) in [6.45, 7) is 5.05. The molecule has 0 aliphatic carbocycles. The summed E-state index contributed by atoms with van der Waals surface area (Å²) >= 11 is 0. The lowest BCUT2D eigenvalue weighted by Gasteiger charge is -2.28. The minimum absolute atomic E-state index is 0.245. The van der Waals surface area contributed by atoms with Gasteiger partial charge >= 0.3 is 0 Å². The molecule has 0 amide bonds. The topological polar surface area (TPSA) is 12.5 Å². The Bertz CT molecular complexity index is 131. The molecule has 0 N–H and O–H groups in total. The molecule has 1 heterocycles. The van der Waals surface area contributed by atoms with E-state index in [9.17, 15) is 0 Å². The minimum atomic E-state index is 0.245. The standard InChI is InChI=1S/C7H13NO/c1-6-4-5-8(3)7(2)9-6/h4,7H,5H2,1-3H3. The molecule has 0 aromatic carbocycles. The first-order valence-electron chi connectivity index (χ1n) is 3.24. The Balaban J connectivity index is 2.54. The van der Waals surface area contributed by atoms with Gasteiger partial charge in [0.1, 0.15) is 6.23 Å². The smallest absolute Gasteiger partial charge is 0.149 e. The summed E-state index contributed by atoms with van der Waals surface area (Å²) in [5.41, 5.74) is 0. The highest BCUT2D eigenvalue weighted by Gasteiger charge is 2.12. The first kappa shape index (κ1) is 6.62. The molecule has 1 unspecified atom stereocenters. The van der Waals surface area contributed by atoms with Gasteiger partial charge in [0.25, 0.3) is 0 Å². The van der Waals surface area contributed by atoms with Gasteiger partial charge in [-0.05, 0) is 27.0 Å². The van der Waals surface area contributed by atoms with E-state index >= 15 is 0 Å². The third-order valence-electron chi connectivity index (χ3n) is 1.64. The highest BCUT2D eigenvalue weighted by Crippen LogP contribution is 2.10. The lowest BCUT2D eigenvalue weighted by Crippen LogP contribution is -2.34. The van der Waals surface area contributed by atoms with Crippen molar-refractivity contribution in [1.29, 1.82) is 0 Å². The Kier molecular flexibility index (Phi) is 1.76. The van der Waals surface area contributed by atoms with Crippen LogP contribution in [0.3, 0.4) is 0 Å². The molecule has 52 valence electrons. The van der Waals surface area contributed by atoms with Crippen LogP contribution in [-0.2, 0) is 4.74 Å². The Morgan fingerprint density at radius 1 is 1.78 bits per heavy atom. The zero-order valence-electron chi connectivity index (χ0n) is 6.22. The van der Waals surface area contributed by atoms with Crippen LogP contribution in [-0.4, -0.2) is 24.7 Å². The molecule has 2 heteroatoms. The van der Waals surface area contributed by atoms with Crippen LogP contribution in [0.5, 0.6) is 0 Å².